The Bertz CT molecular complexity index is 1830. The highest BCUT2D eigenvalue weighted by Gasteiger charge is 2.26. The molecule has 5 aromatic rings. The Hall–Kier alpha value is -4.34. The van der Waals surface area contributed by atoms with Crippen LogP contribution in [-0.2, 0) is 22.4 Å². The van der Waals surface area contributed by atoms with E-state index < -0.39 is 5.97 Å². The highest BCUT2D eigenvalue weighted by Crippen LogP contribution is 2.33. The second-order valence-corrected chi connectivity index (χ2v) is 12.0. The molecule has 3 aromatic carbocycles. The molecule has 0 aliphatic carbocycles. The van der Waals surface area contributed by atoms with Crippen molar-refractivity contribution in [3.05, 3.63) is 101 Å². The lowest BCUT2D eigenvalue weighted by molar-refractivity contribution is -0.119. The summed E-state index contributed by atoms with van der Waals surface area (Å²) >= 11 is 1.57. The summed E-state index contributed by atoms with van der Waals surface area (Å²) in [6, 6.07) is 20.6. The van der Waals surface area contributed by atoms with Gasteiger partial charge in [0, 0.05) is 66.5 Å². The first-order valence-electron chi connectivity index (χ1n) is 14.6. The maximum Gasteiger partial charge on any atom is 0.339 e. The first kappa shape index (κ1) is 27.5. The van der Waals surface area contributed by atoms with Crippen LogP contribution in [0.15, 0.2) is 78.3 Å². The van der Waals surface area contributed by atoms with Crippen LogP contribution in [0.1, 0.15) is 27.9 Å². The number of piperazine rings is 1. The Morgan fingerprint density at radius 3 is 2.72 bits per heavy atom. The van der Waals surface area contributed by atoms with Crippen molar-refractivity contribution >= 4 is 55.6 Å². The highest BCUT2D eigenvalue weighted by molar-refractivity contribution is 7.17. The molecule has 1 fully saturated rings. The van der Waals surface area contributed by atoms with Gasteiger partial charge in [0.05, 0.1) is 16.8 Å². The Morgan fingerprint density at radius 1 is 0.953 bits per heavy atom. The van der Waals surface area contributed by atoms with E-state index in [0.29, 0.717) is 18.4 Å². The van der Waals surface area contributed by atoms with Gasteiger partial charge in [0.1, 0.15) is 5.82 Å². The third kappa shape index (κ3) is 5.70. The van der Waals surface area contributed by atoms with Crippen LogP contribution in [0.25, 0.3) is 21.0 Å². The molecule has 2 aromatic heterocycles. The van der Waals surface area contributed by atoms with Crippen molar-refractivity contribution in [2.45, 2.75) is 19.3 Å². The van der Waals surface area contributed by atoms with Gasteiger partial charge >= 0.3 is 5.97 Å². The molecule has 2 aliphatic rings. The molecule has 0 bridgehead atoms. The summed E-state index contributed by atoms with van der Waals surface area (Å²) in [5.74, 6) is -0.708. The van der Waals surface area contributed by atoms with Crippen molar-refractivity contribution in [2.24, 2.45) is 0 Å². The second kappa shape index (κ2) is 11.7. The molecule has 7 rings (SSSR count). The maximum absolute atomic E-state index is 14.2. The van der Waals surface area contributed by atoms with Gasteiger partial charge in [-0.15, -0.1) is 11.3 Å². The van der Waals surface area contributed by atoms with Gasteiger partial charge in [0.2, 0.25) is 5.91 Å². The average molecular weight is 595 g/mol. The van der Waals surface area contributed by atoms with Gasteiger partial charge in [-0.2, -0.15) is 0 Å². The number of aromatic nitrogens is 1. The molecular formula is C34H31FN4O3S. The fourth-order valence-electron chi connectivity index (χ4n) is 6.07. The predicted molar refractivity (Wildman–Crippen MR) is 168 cm³/mol. The summed E-state index contributed by atoms with van der Waals surface area (Å²) in [5, 5.41) is 3.99. The highest BCUT2D eigenvalue weighted by atomic mass is 32.1. The SMILES string of the molecule is O=C(OCN1C(=O)CCc2ccc(CCN3CCN(c4cc(F)cc5sccc45)CC3)cc21)c1ccc2ncccc2c1. The van der Waals surface area contributed by atoms with Crippen LogP contribution in [0.3, 0.4) is 0 Å². The van der Waals surface area contributed by atoms with Crippen LogP contribution in [0.2, 0.25) is 0 Å². The van der Waals surface area contributed by atoms with Gasteiger partial charge in [-0.25, -0.2) is 9.18 Å². The summed E-state index contributed by atoms with van der Waals surface area (Å²) in [4.78, 5) is 36.4. The van der Waals surface area contributed by atoms with Gasteiger partial charge in [0.15, 0.2) is 6.73 Å². The monoisotopic (exact) mass is 594 g/mol. The number of aryl methyl sites for hydroxylation is 1. The second-order valence-electron chi connectivity index (χ2n) is 11.1. The van der Waals surface area contributed by atoms with Crippen LogP contribution >= 0.6 is 11.3 Å². The number of amides is 1. The quantitative estimate of drug-likeness (QED) is 0.214. The molecule has 0 unspecified atom stereocenters. The van der Waals surface area contributed by atoms with E-state index in [4.69, 9.17) is 4.74 Å². The Kier molecular flexibility index (Phi) is 7.51. The fourth-order valence-corrected chi connectivity index (χ4v) is 6.90. The molecule has 4 heterocycles. The number of hydrogen-bond donors (Lipinski definition) is 0. The molecule has 0 atom stereocenters. The van der Waals surface area contributed by atoms with E-state index in [1.54, 1.807) is 52.8 Å². The van der Waals surface area contributed by atoms with Crippen molar-refractivity contribution in [1.82, 2.24) is 9.88 Å². The molecule has 1 amide bonds. The third-order valence-electron chi connectivity index (χ3n) is 8.46. The normalized spacial score (nSPS) is 15.7. The van der Waals surface area contributed by atoms with E-state index in [2.05, 4.69) is 39.0 Å². The molecule has 0 saturated carbocycles. The molecule has 2 aliphatic heterocycles. The molecule has 7 nitrogen and oxygen atoms in total. The minimum absolute atomic E-state index is 0.0478. The van der Waals surface area contributed by atoms with Crippen molar-refractivity contribution in [2.75, 3.05) is 49.3 Å². The number of hydrogen-bond acceptors (Lipinski definition) is 7. The molecule has 9 heteroatoms. The topological polar surface area (TPSA) is 66.0 Å². The number of anilines is 2. The number of benzene rings is 3. The van der Waals surface area contributed by atoms with E-state index in [9.17, 15) is 14.0 Å². The first-order valence-corrected chi connectivity index (χ1v) is 15.5. The van der Waals surface area contributed by atoms with E-state index >= 15 is 0 Å². The lowest BCUT2D eigenvalue weighted by atomic mass is 9.98. The number of pyridine rings is 1. The van der Waals surface area contributed by atoms with Crippen LogP contribution in [0, 0.1) is 5.82 Å². The standard InChI is InChI=1S/C34H31FN4O3S/c35-27-20-31(28-10-17-43-32(28)21-27)38-15-13-37(14-16-38)12-9-23-3-4-24-6-8-33(40)39(30(24)18-23)22-42-34(41)26-5-7-29-25(19-26)2-1-11-36-29/h1-5,7,10-11,17-21H,6,8-9,12-16,22H2. The predicted octanol–water partition coefficient (Wildman–Crippen LogP) is 6.05. The lowest BCUT2D eigenvalue weighted by Gasteiger charge is -2.36. The third-order valence-corrected chi connectivity index (χ3v) is 9.32. The number of rotatable bonds is 7. The van der Waals surface area contributed by atoms with E-state index in [1.165, 1.54) is 0 Å². The molecule has 1 saturated heterocycles. The number of nitrogens with zero attached hydrogens (tertiary/aromatic N) is 4. The van der Waals surface area contributed by atoms with Crippen LogP contribution in [-0.4, -0.2) is 61.2 Å². The summed E-state index contributed by atoms with van der Waals surface area (Å²) in [6.45, 7) is 4.26. The molecule has 0 spiro atoms. The summed E-state index contributed by atoms with van der Waals surface area (Å²) in [7, 11) is 0. The fraction of sp³-hybridized carbons (Fsp3) is 0.265. The zero-order valence-electron chi connectivity index (χ0n) is 23.7. The van der Waals surface area contributed by atoms with Crippen LogP contribution in [0.5, 0.6) is 0 Å². The maximum atomic E-state index is 14.2. The number of halogens is 1. The molecule has 0 radical (unpaired) electrons. The number of ether oxygens (including phenoxy) is 1. The number of fused-ring (bicyclic) bond motifs is 3. The van der Waals surface area contributed by atoms with Gasteiger partial charge in [-0.3, -0.25) is 19.6 Å². The number of carbonyl (C=O) groups excluding carboxylic acids is 2. The largest absolute Gasteiger partial charge is 0.440 e. The Morgan fingerprint density at radius 2 is 1.84 bits per heavy atom. The van der Waals surface area contributed by atoms with Gasteiger partial charge in [0.25, 0.3) is 0 Å². The zero-order chi connectivity index (χ0) is 29.3. The first-order chi connectivity index (χ1) is 21.0. The number of thiophene rings is 1. The average Bonchev–Trinajstić information content (AvgIpc) is 3.51. The number of carbonyl (C=O) groups is 2. The minimum Gasteiger partial charge on any atom is -0.440 e. The van der Waals surface area contributed by atoms with Crippen molar-refractivity contribution in [3.8, 4) is 0 Å². The van der Waals surface area contributed by atoms with E-state index in [1.807, 2.05) is 17.5 Å². The summed E-state index contributed by atoms with van der Waals surface area (Å²) < 4.78 is 20.8. The van der Waals surface area contributed by atoms with Gasteiger partial charge in [-0.1, -0.05) is 18.2 Å². The van der Waals surface area contributed by atoms with Crippen molar-refractivity contribution < 1.29 is 18.7 Å². The zero-order valence-corrected chi connectivity index (χ0v) is 24.5. The molecule has 0 N–H and O–H groups in total. The van der Waals surface area contributed by atoms with Gasteiger partial charge < -0.3 is 9.64 Å². The van der Waals surface area contributed by atoms with Gasteiger partial charge in [-0.05, 0) is 77.9 Å². The smallest absolute Gasteiger partial charge is 0.339 e. The van der Waals surface area contributed by atoms with E-state index in [0.717, 1.165) is 82.6 Å². The van der Waals surface area contributed by atoms with Crippen molar-refractivity contribution in [1.29, 1.82) is 0 Å². The summed E-state index contributed by atoms with van der Waals surface area (Å²) in [6.07, 6.45) is 3.62. The van der Waals surface area contributed by atoms with E-state index in [-0.39, 0.29) is 18.5 Å². The summed E-state index contributed by atoms with van der Waals surface area (Å²) in [5.41, 5.74) is 5.25. The van der Waals surface area contributed by atoms with Crippen molar-refractivity contribution in [3.63, 3.8) is 0 Å². The minimum atomic E-state index is -0.473. The Balaban J connectivity index is 0.979. The molecule has 218 valence electrons. The molecule has 43 heavy (non-hydrogen) atoms. The molecular weight excluding hydrogens is 563 g/mol. The van der Waals surface area contributed by atoms with Crippen LogP contribution < -0.4 is 9.80 Å². The van der Waals surface area contributed by atoms with Crippen LogP contribution in [0.4, 0.5) is 15.8 Å². The number of esters is 1. The lowest BCUT2D eigenvalue weighted by Crippen LogP contribution is -2.47. The Labute approximate surface area is 253 Å².